The molecule has 0 saturated carbocycles. The number of anilines is 1. The van der Waals surface area contributed by atoms with Crippen molar-refractivity contribution in [3.05, 3.63) is 46.1 Å². The molecule has 106 valence electrons. The average Bonchev–Trinajstić information content (AvgIpc) is 2.88. The van der Waals surface area contributed by atoms with Crippen LogP contribution in [-0.4, -0.2) is 25.8 Å². The molecule has 0 aliphatic heterocycles. The summed E-state index contributed by atoms with van der Waals surface area (Å²) < 4.78 is 5.95. The molecule has 3 aromatic rings. The van der Waals surface area contributed by atoms with E-state index < -0.39 is 5.91 Å². The van der Waals surface area contributed by atoms with Gasteiger partial charge < -0.3 is 4.52 Å². The molecule has 0 unspecified atom stereocenters. The Balaban J connectivity index is 2.09. The molecule has 1 aromatic carbocycles. The average molecular weight is 285 g/mol. The third-order valence-electron chi connectivity index (χ3n) is 2.92. The monoisotopic (exact) mass is 285 g/mol. The summed E-state index contributed by atoms with van der Waals surface area (Å²) in [5.41, 5.74) is -0.153. The number of carbonyl (C=O) groups excluding carboxylic acids is 1. The van der Waals surface area contributed by atoms with Gasteiger partial charge in [-0.1, -0.05) is 23.4 Å². The first-order chi connectivity index (χ1) is 10.1. The van der Waals surface area contributed by atoms with Crippen molar-refractivity contribution in [2.75, 3.05) is 5.32 Å². The fraction of sp³-hybridized carbons (Fsp3) is 0.154. The largest absolute Gasteiger partial charge is 0.328 e. The van der Waals surface area contributed by atoms with E-state index in [-0.39, 0.29) is 17.3 Å². The molecular weight excluding hydrogens is 274 g/mol. The van der Waals surface area contributed by atoms with Gasteiger partial charge in [0.05, 0.1) is 5.39 Å². The molecule has 1 N–H and O–H groups in total. The summed E-state index contributed by atoms with van der Waals surface area (Å²) in [7, 11) is 1.49. The van der Waals surface area contributed by atoms with E-state index in [0.717, 1.165) is 4.68 Å². The number of rotatable bonds is 2. The van der Waals surface area contributed by atoms with E-state index >= 15 is 0 Å². The molecule has 0 saturated heterocycles. The van der Waals surface area contributed by atoms with Crippen LogP contribution in [0.4, 0.5) is 6.01 Å². The molecule has 0 aliphatic rings. The molecule has 0 radical (unpaired) electrons. The number of amides is 1. The maximum Gasteiger partial charge on any atom is 0.328 e. The third-order valence-corrected chi connectivity index (χ3v) is 2.92. The summed E-state index contributed by atoms with van der Waals surface area (Å²) in [5.74, 6) is -0.117. The van der Waals surface area contributed by atoms with Gasteiger partial charge in [0.15, 0.2) is 11.5 Å². The smallest absolute Gasteiger partial charge is 0.315 e. The maximum absolute atomic E-state index is 12.3. The lowest BCUT2D eigenvalue weighted by Gasteiger charge is -2.06. The van der Waals surface area contributed by atoms with Crippen molar-refractivity contribution < 1.29 is 9.32 Å². The predicted octanol–water partition coefficient (Wildman–Crippen LogP) is 0.877. The van der Waals surface area contributed by atoms with Crippen molar-refractivity contribution in [1.82, 2.24) is 19.9 Å². The number of hydrogen-bond donors (Lipinski definition) is 1. The van der Waals surface area contributed by atoms with Gasteiger partial charge in [0.1, 0.15) is 0 Å². The van der Waals surface area contributed by atoms with Crippen LogP contribution in [0.15, 0.2) is 33.6 Å². The Morgan fingerprint density at radius 1 is 1.29 bits per heavy atom. The normalized spacial score (nSPS) is 10.8. The van der Waals surface area contributed by atoms with Crippen LogP contribution in [-0.2, 0) is 7.05 Å². The minimum atomic E-state index is -0.523. The van der Waals surface area contributed by atoms with Gasteiger partial charge >= 0.3 is 6.01 Å². The van der Waals surface area contributed by atoms with E-state index in [2.05, 4.69) is 20.6 Å². The number of fused-ring (bicyclic) bond motifs is 1. The number of nitrogens with one attached hydrogen (secondary N) is 1. The molecule has 2 aromatic heterocycles. The highest BCUT2D eigenvalue weighted by Crippen LogP contribution is 2.14. The Hall–Kier alpha value is -3.03. The second kappa shape index (κ2) is 4.82. The molecular formula is C13H11N5O3. The van der Waals surface area contributed by atoms with Gasteiger partial charge in [-0.25, -0.2) is 4.68 Å². The van der Waals surface area contributed by atoms with E-state index in [1.807, 2.05) is 0 Å². The van der Waals surface area contributed by atoms with Crippen LogP contribution in [0.1, 0.15) is 16.3 Å². The quantitative estimate of drug-likeness (QED) is 0.749. The summed E-state index contributed by atoms with van der Waals surface area (Å²) in [6.45, 7) is 1.64. The highest BCUT2D eigenvalue weighted by Gasteiger charge is 2.17. The zero-order valence-corrected chi connectivity index (χ0v) is 11.3. The fourth-order valence-corrected chi connectivity index (χ4v) is 1.97. The Morgan fingerprint density at radius 2 is 2.00 bits per heavy atom. The zero-order chi connectivity index (χ0) is 15.0. The molecule has 2 heterocycles. The molecule has 0 aliphatic carbocycles. The fourth-order valence-electron chi connectivity index (χ4n) is 1.97. The second-order valence-corrected chi connectivity index (χ2v) is 4.42. The van der Waals surface area contributed by atoms with Crippen LogP contribution in [0.25, 0.3) is 10.8 Å². The minimum Gasteiger partial charge on any atom is -0.315 e. The molecule has 0 bridgehead atoms. The first kappa shape index (κ1) is 13.0. The van der Waals surface area contributed by atoms with E-state index in [1.165, 1.54) is 7.05 Å². The van der Waals surface area contributed by atoms with Gasteiger partial charge in [0, 0.05) is 12.4 Å². The van der Waals surface area contributed by atoms with E-state index in [1.54, 1.807) is 31.2 Å². The summed E-state index contributed by atoms with van der Waals surface area (Å²) in [6.07, 6.45) is 0. The van der Waals surface area contributed by atoms with E-state index in [0.29, 0.717) is 16.6 Å². The third kappa shape index (κ3) is 2.27. The predicted molar refractivity (Wildman–Crippen MR) is 74.0 cm³/mol. The van der Waals surface area contributed by atoms with Gasteiger partial charge in [-0.05, 0) is 13.0 Å². The Kier molecular flexibility index (Phi) is 2.98. The van der Waals surface area contributed by atoms with Crippen LogP contribution < -0.4 is 10.9 Å². The lowest BCUT2D eigenvalue weighted by atomic mass is 10.1. The molecule has 0 spiro atoms. The van der Waals surface area contributed by atoms with Crippen molar-refractivity contribution in [2.24, 2.45) is 7.05 Å². The van der Waals surface area contributed by atoms with Gasteiger partial charge in [-0.2, -0.15) is 10.1 Å². The Labute approximate surface area is 118 Å². The van der Waals surface area contributed by atoms with Crippen molar-refractivity contribution in [2.45, 2.75) is 6.92 Å². The Bertz CT molecular complexity index is 896. The van der Waals surface area contributed by atoms with Crippen LogP contribution in [0.5, 0.6) is 0 Å². The summed E-state index contributed by atoms with van der Waals surface area (Å²) in [6, 6.07) is 6.76. The summed E-state index contributed by atoms with van der Waals surface area (Å²) in [5, 5.41) is 10.9. The van der Waals surface area contributed by atoms with Crippen LogP contribution in [0, 0.1) is 6.92 Å². The number of aryl methyl sites for hydroxylation is 2. The van der Waals surface area contributed by atoms with Gasteiger partial charge in [0.2, 0.25) is 0 Å². The molecule has 8 nitrogen and oxygen atoms in total. The highest BCUT2D eigenvalue weighted by molar-refractivity contribution is 6.10. The van der Waals surface area contributed by atoms with Gasteiger partial charge in [-0.3, -0.25) is 14.9 Å². The standard InChI is InChI=1S/C13H11N5O3/c1-7-14-13(21-17-7)15-11(19)10-8-5-3-4-6-9(8)12(20)18(2)16-10/h3-6H,1-2H3,(H,14,15,17,19). The Morgan fingerprint density at radius 3 is 2.67 bits per heavy atom. The van der Waals surface area contributed by atoms with Gasteiger partial charge in [-0.15, -0.1) is 0 Å². The molecule has 1 amide bonds. The molecule has 0 atom stereocenters. The SMILES string of the molecule is Cc1noc(NC(=O)c2nn(C)c(=O)c3ccccc23)n1. The number of aromatic nitrogens is 4. The molecule has 0 fully saturated rings. The number of nitrogens with zero attached hydrogens (tertiary/aromatic N) is 4. The first-order valence-corrected chi connectivity index (χ1v) is 6.14. The number of benzene rings is 1. The van der Waals surface area contributed by atoms with Crippen LogP contribution >= 0.6 is 0 Å². The van der Waals surface area contributed by atoms with Crippen molar-refractivity contribution in [3.63, 3.8) is 0 Å². The zero-order valence-electron chi connectivity index (χ0n) is 11.3. The lowest BCUT2D eigenvalue weighted by Crippen LogP contribution is -2.25. The molecule has 21 heavy (non-hydrogen) atoms. The topological polar surface area (TPSA) is 103 Å². The lowest BCUT2D eigenvalue weighted by molar-refractivity contribution is 0.101. The summed E-state index contributed by atoms with van der Waals surface area (Å²) in [4.78, 5) is 28.2. The number of hydrogen-bond acceptors (Lipinski definition) is 6. The van der Waals surface area contributed by atoms with Gasteiger partial charge in [0.25, 0.3) is 11.5 Å². The first-order valence-electron chi connectivity index (χ1n) is 6.14. The van der Waals surface area contributed by atoms with E-state index in [4.69, 9.17) is 4.52 Å². The van der Waals surface area contributed by atoms with Crippen molar-refractivity contribution in [3.8, 4) is 0 Å². The van der Waals surface area contributed by atoms with Crippen LogP contribution in [0.2, 0.25) is 0 Å². The minimum absolute atomic E-state index is 0.0164. The highest BCUT2D eigenvalue weighted by atomic mass is 16.5. The van der Waals surface area contributed by atoms with E-state index in [9.17, 15) is 9.59 Å². The van der Waals surface area contributed by atoms with Crippen molar-refractivity contribution in [1.29, 1.82) is 0 Å². The maximum atomic E-state index is 12.3. The molecule has 3 rings (SSSR count). The molecule has 8 heteroatoms. The van der Waals surface area contributed by atoms with Crippen LogP contribution in [0.3, 0.4) is 0 Å². The van der Waals surface area contributed by atoms with Crippen molar-refractivity contribution >= 4 is 22.7 Å². The number of carbonyl (C=O) groups is 1. The second-order valence-electron chi connectivity index (χ2n) is 4.42. The summed E-state index contributed by atoms with van der Waals surface area (Å²) >= 11 is 0.